The van der Waals surface area contributed by atoms with E-state index in [4.69, 9.17) is 11.6 Å². The predicted molar refractivity (Wildman–Crippen MR) is 162 cm³/mol. The van der Waals surface area contributed by atoms with Crippen LogP contribution in [0.5, 0.6) is 0 Å². The van der Waals surface area contributed by atoms with E-state index in [-0.39, 0.29) is 16.4 Å². The van der Waals surface area contributed by atoms with E-state index >= 15 is 0 Å². The molecule has 0 aliphatic carbocycles. The number of carbonyl (C=O) groups is 3. The van der Waals surface area contributed by atoms with Gasteiger partial charge in [-0.2, -0.15) is 13.2 Å². The van der Waals surface area contributed by atoms with E-state index in [0.29, 0.717) is 21.7 Å². The Kier molecular flexibility index (Phi) is 10.2. The average molecular weight is 625 g/mol. The van der Waals surface area contributed by atoms with Gasteiger partial charge in [-0.1, -0.05) is 35.9 Å². The van der Waals surface area contributed by atoms with Crippen molar-refractivity contribution in [2.45, 2.75) is 23.2 Å². The maximum atomic E-state index is 13.4. The van der Waals surface area contributed by atoms with Gasteiger partial charge in [-0.3, -0.25) is 19.4 Å². The summed E-state index contributed by atoms with van der Waals surface area (Å²) in [6.07, 6.45) is -0.0661. The molecular formula is C31H24ClF3N4O3S. The number of benzene rings is 3. The van der Waals surface area contributed by atoms with E-state index < -0.39 is 34.7 Å². The number of hydrogen-bond donors (Lipinski definition) is 3. The number of aromatic nitrogens is 1. The maximum absolute atomic E-state index is 13.4. The molecule has 1 heterocycles. The molecule has 0 radical (unpaired) electrons. The standard InChI is InChI=1S/C31H24ClF3N4O3S/c1-19(28(40)38-26-14-9-22(32)17-25(26)31(33,34)35)43-24-12-10-23(11-13-24)37-30(42)27(16-20-6-5-15-36-18-20)39-29(41)21-7-3-2-4-8-21/h2-19H,1H3,(H,37,42)(H,38,40)(H,39,41)/b27-16-. The molecule has 3 N–H and O–H groups in total. The van der Waals surface area contributed by atoms with Crippen LogP contribution in [0.1, 0.15) is 28.4 Å². The molecule has 12 heteroatoms. The van der Waals surface area contributed by atoms with Crippen LogP contribution in [-0.2, 0) is 15.8 Å². The van der Waals surface area contributed by atoms with Crippen LogP contribution in [0.3, 0.4) is 0 Å². The molecule has 0 spiro atoms. The monoisotopic (exact) mass is 624 g/mol. The first-order chi connectivity index (χ1) is 20.5. The van der Waals surface area contributed by atoms with Gasteiger partial charge in [-0.15, -0.1) is 11.8 Å². The number of rotatable bonds is 9. The van der Waals surface area contributed by atoms with Crippen molar-refractivity contribution in [1.82, 2.24) is 10.3 Å². The lowest BCUT2D eigenvalue weighted by molar-refractivity contribution is -0.137. The highest BCUT2D eigenvalue weighted by Crippen LogP contribution is 2.37. The first-order valence-corrected chi connectivity index (χ1v) is 14.0. The van der Waals surface area contributed by atoms with Crippen molar-refractivity contribution >= 4 is 58.5 Å². The fraction of sp³-hybridized carbons (Fsp3) is 0.0968. The lowest BCUT2D eigenvalue weighted by Gasteiger charge is -2.17. The summed E-state index contributed by atoms with van der Waals surface area (Å²) in [5, 5.41) is 6.85. The summed E-state index contributed by atoms with van der Waals surface area (Å²) in [7, 11) is 0. The lowest BCUT2D eigenvalue weighted by Crippen LogP contribution is -2.30. The molecular weight excluding hydrogens is 601 g/mol. The van der Waals surface area contributed by atoms with Crippen LogP contribution in [-0.4, -0.2) is 28.0 Å². The second kappa shape index (κ2) is 14.0. The molecule has 1 unspecified atom stereocenters. The summed E-state index contributed by atoms with van der Waals surface area (Å²) in [6.45, 7) is 1.56. The van der Waals surface area contributed by atoms with Gasteiger partial charge in [0.15, 0.2) is 0 Å². The molecule has 1 aromatic heterocycles. The zero-order chi connectivity index (χ0) is 31.0. The predicted octanol–water partition coefficient (Wildman–Crippen LogP) is 7.28. The van der Waals surface area contributed by atoms with Crippen molar-refractivity contribution in [2.75, 3.05) is 10.6 Å². The molecule has 0 bridgehead atoms. The highest BCUT2D eigenvalue weighted by atomic mass is 35.5. The van der Waals surface area contributed by atoms with Gasteiger partial charge in [0, 0.05) is 33.6 Å². The van der Waals surface area contributed by atoms with Crippen molar-refractivity contribution in [3.63, 3.8) is 0 Å². The molecule has 0 fully saturated rings. The molecule has 3 amide bonds. The average Bonchev–Trinajstić information content (AvgIpc) is 2.99. The molecule has 43 heavy (non-hydrogen) atoms. The molecule has 220 valence electrons. The van der Waals surface area contributed by atoms with Crippen LogP contribution in [0, 0.1) is 0 Å². The third-order valence-electron chi connectivity index (χ3n) is 5.86. The van der Waals surface area contributed by atoms with E-state index in [0.717, 1.165) is 23.9 Å². The second-order valence-electron chi connectivity index (χ2n) is 9.08. The van der Waals surface area contributed by atoms with Crippen LogP contribution in [0.15, 0.2) is 108 Å². The van der Waals surface area contributed by atoms with Crippen molar-refractivity contribution in [3.05, 3.63) is 125 Å². The second-order valence-corrected chi connectivity index (χ2v) is 10.9. The number of nitrogens with one attached hydrogen (secondary N) is 3. The topological polar surface area (TPSA) is 100 Å². The van der Waals surface area contributed by atoms with Crippen LogP contribution in [0.25, 0.3) is 6.08 Å². The molecule has 1 atom stereocenters. The van der Waals surface area contributed by atoms with Crippen molar-refractivity contribution in [1.29, 1.82) is 0 Å². The Hall–Kier alpha value is -4.61. The summed E-state index contributed by atoms with van der Waals surface area (Å²) in [5.74, 6) is -1.68. The largest absolute Gasteiger partial charge is 0.418 e. The summed E-state index contributed by atoms with van der Waals surface area (Å²) in [6, 6.07) is 21.5. The highest BCUT2D eigenvalue weighted by Gasteiger charge is 2.34. The van der Waals surface area contributed by atoms with E-state index in [1.807, 2.05) is 0 Å². The number of alkyl halides is 3. The number of anilines is 2. The third-order valence-corrected chi connectivity index (χ3v) is 7.21. The Morgan fingerprint density at radius 1 is 0.930 bits per heavy atom. The number of pyridine rings is 1. The van der Waals surface area contributed by atoms with Gasteiger partial charge in [0.05, 0.1) is 16.5 Å². The Morgan fingerprint density at radius 3 is 2.30 bits per heavy atom. The SMILES string of the molecule is CC(Sc1ccc(NC(=O)/C(=C/c2cccnc2)NC(=O)c2ccccc2)cc1)C(=O)Nc1ccc(Cl)cc1C(F)(F)F. The minimum Gasteiger partial charge on any atom is -0.325 e. The molecule has 7 nitrogen and oxygen atoms in total. The van der Waals surface area contributed by atoms with Crippen LogP contribution < -0.4 is 16.0 Å². The molecule has 4 rings (SSSR count). The van der Waals surface area contributed by atoms with E-state index in [1.54, 1.807) is 86.0 Å². The molecule has 3 aromatic carbocycles. The number of carbonyl (C=O) groups excluding carboxylic acids is 3. The maximum Gasteiger partial charge on any atom is 0.418 e. The zero-order valence-electron chi connectivity index (χ0n) is 22.5. The summed E-state index contributed by atoms with van der Waals surface area (Å²) >= 11 is 6.83. The van der Waals surface area contributed by atoms with Crippen LogP contribution in [0.2, 0.25) is 5.02 Å². The molecule has 4 aromatic rings. The first kappa shape index (κ1) is 31.3. The molecule has 0 saturated carbocycles. The van der Waals surface area contributed by atoms with Gasteiger partial charge in [-0.05, 0) is 79.2 Å². The summed E-state index contributed by atoms with van der Waals surface area (Å²) in [4.78, 5) is 43.3. The number of nitrogens with zero attached hydrogens (tertiary/aromatic N) is 1. The highest BCUT2D eigenvalue weighted by molar-refractivity contribution is 8.00. The Morgan fingerprint density at radius 2 is 1.65 bits per heavy atom. The first-order valence-electron chi connectivity index (χ1n) is 12.7. The van der Waals surface area contributed by atoms with Crippen LogP contribution >= 0.6 is 23.4 Å². The molecule has 0 aliphatic rings. The van der Waals surface area contributed by atoms with Crippen molar-refractivity contribution in [2.24, 2.45) is 0 Å². The zero-order valence-corrected chi connectivity index (χ0v) is 24.1. The number of amides is 3. The minimum atomic E-state index is -4.69. The van der Waals surface area contributed by atoms with E-state index in [9.17, 15) is 27.6 Å². The smallest absolute Gasteiger partial charge is 0.325 e. The third kappa shape index (κ3) is 8.94. The Labute approximate surface area is 254 Å². The van der Waals surface area contributed by atoms with Gasteiger partial charge >= 0.3 is 6.18 Å². The number of halogens is 4. The van der Waals surface area contributed by atoms with Gasteiger partial charge < -0.3 is 16.0 Å². The van der Waals surface area contributed by atoms with Gasteiger partial charge in [0.2, 0.25) is 5.91 Å². The van der Waals surface area contributed by atoms with Gasteiger partial charge in [0.25, 0.3) is 11.8 Å². The molecule has 0 aliphatic heterocycles. The lowest BCUT2D eigenvalue weighted by atomic mass is 10.1. The van der Waals surface area contributed by atoms with E-state index in [2.05, 4.69) is 20.9 Å². The summed E-state index contributed by atoms with van der Waals surface area (Å²) < 4.78 is 40.1. The van der Waals surface area contributed by atoms with E-state index in [1.165, 1.54) is 12.1 Å². The van der Waals surface area contributed by atoms with Crippen molar-refractivity contribution in [3.8, 4) is 0 Å². The van der Waals surface area contributed by atoms with Gasteiger partial charge in [-0.25, -0.2) is 0 Å². The summed E-state index contributed by atoms with van der Waals surface area (Å²) in [5.41, 5.74) is -0.0532. The minimum absolute atomic E-state index is 0.00831. The fourth-order valence-corrected chi connectivity index (χ4v) is 4.78. The van der Waals surface area contributed by atoms with Crippen molar-refractivity contribution < 1.29 is 27.6 Å². The number of thioether (sulfide) groups is 1. The number of hydrogen-bond acceptors (Lipinski definition) is 5. The molecule has 0 saturated heterocycles. The quantitative estimate of drug-likeness (QED) is 0.134. The Bertz CT molecular complexity index is 1630. The van der Waals surface area contributed by atoms with Gasteiger partial charge in [0.1, 0.15) is 5.70 Å². The fourth-order valence-electron chi connectivity index (χ4n) is 3.74. The normalized spacial score (nSPS) is 12.3. The van der Waals surface area contributed by atoms with Crippen LogP contribution in [0.4, 0.5) is 24.5 Å². The Balaban J connectivity index is 1.42.